The molecule has 0 unspecified atom stereocenters. The summed E-state index contributed by atoms with van der Waals surface area (Å²) in [7, 11) is 0. The van der Waals surface area contributed by atoms with Crippen LogP contribution in [0.2, 0.25) is 0 Å². The van der Waals surface area contributed by atoms with E-state index in [1.54, 1.807) is 17.4 Å². The number of thiazole rings is 1. The number of thioether (sulfide) groups is 1. The molecule has 0 saturated carbocycles. The minimum atomic E-state index is 0.494. The first-order valence-corrected chi connectivity index (χ1v) is 8.36. The van der Waals surface area contributed by atoms with Crippen molar-refractivity contribution in [2.24, 2.45) is 0 Å². The fourth-order valence-corrected chi connectivity index (χ4v) is 3.59. The van der Waals surface area contributed by atoms with Gasteiger partial charge in [-0.15, -0.1) is 21.5 Å². The van der Waals surface area contributed by atoms with Gasteiger partial charge in [0.25, 0.3) is 11.1 Å². The molecule has 0 aliphatic heterocycles. The predicted molar refractivity (Wildman–Crippen MR) is 85.6 cm³/mol. The van der Waals surface area contributed by atoms with E-state index in [-0.39, 0.29) is 0 Å². The first kappa shape index (κ1) is 14.8. The molecule has 0 N–H and O–H groups in total. The summed E-state index contributed by atoms with van der Waals surface area (Å²) in [6.07, 6.45) is 0. The monoisotopic (exact) mass is 328 g/mol. The summed E-state index contributed by atoms with van der Waals surface area (Å²) in [5.74, 6) is 1.12. The molecule has 0 saturated heterocycles. The van der Waals surface area contributed by atoms with Crippen LogP contribution in [-0.2, 0) is 5.75 Å². The first-order chi connectivity index (χ1) is 10.7. The van der Waals surface area contributed by atoms with E-state index in [0.717, 1.165) is 21.1 Å². The van der Waals surface area contributed by atoms with Crippen molar-refractivity contribution in [3.63, 3.8) is 0 Å². The molecule has 0 atom stereocenters. The van der Waals surface area contributed by atoms with Gasteiger partial charge in [-0.2, -0.15) is 5.26 Å². The zero-order valence-electron chi connectivity index (χ0n) is 12.0. The van der Waals surface area contributed by atoms with Gasteiger partial charge in [-0.05, 0) is 25.5 Å². The van der Waals surface area contributed by atoms with Crippen LogP contribution in [-0.4, -0.2) is 15.2 Å². The van der Waals surface area contributed by atoms with E-state index in [0.29, 0.717) is 22.4 Å². The van der Waals surface area contributed by atoms with Crippen LogP contribution in [0.1, 0.15) is 21.8 Å². The number of aromatic nitrogens is 3. The van der Waals surface area contributed by atoms with E-state index in [2.05, 4.69) is 21.3 Å². The van der Waals surface area contributed by atoms with E-state index in [4.69, 9.17) is 9.68 Å². The molecule has 3 aromatic rings. The molecule has 0 bridgehead atoms. The fourth-order valence-electron chi connectivity index (χ4n) is 1.98. The number of nitriles is 1. The van der Waals surface area contributed by atoms with Crippen LogP contribution >= 0.6 is 23.1 Å². The average Bonchev–Trinajstić information content (AvgIpc) is 3.11. The molecule has 2 aromatic heterocycles. The molecule has 110 valence electrons. The Balaban J connectivity index is 1.75. The summed E-state index contributed by atoms with van der Waals surface area (Å²) in [5, 5.41) is 18.7. The van der Waals surface area contributed by atoms with Gasteiger partial charge in [0, 0.05) is 5.75 Å². The van der Waals surface area contributed by atoms with E-state index in [9.17, 15) is 0 Å². The second-order valence-corrected chi connectivity index (χ2v) is 6.71. The Hall–Kier alpha value is -2.17. The average molecular weight is 328 g/mol. The first-order valence-electron chi connectivity index (χ1n) is 6.56. The second kappa shape index (κ2) is 6.30. The fraction of sp³-hybridized carbons (Fsp3) is 0.200. The van der Waals surface area contributed by atoms with E-state index in [1.807, 2.05) is 32.0 Å². The van der Waals surface area contributed by atoms with Crippen LogP contribution < -0.4 is 0 Å². The highest BCUT2D eigenvalue weighted by atomic mass is 32.2. The van der Waals surface area contributed by atoms with Gasteiger partial charge in [0.1, 0.15) is 4.88 Å². The maximum Gasteiger partial charge on any atom is 0.277 e. The van der Waals surface area contributed by atoms with Gasteiger partial charge in [0.2, 0.25) is 0 Å². The van der Waals surface area contributed by atoms with Crippen molar-refractivity contribution in [1.82, 2.24) is 15.2 Å². The van der Waals surface area contributed by atoms with Gasteiger partial charge in [0.05, 0.1) is 22.3 Å². The topological polar surface area (TPSA) is 75.6 Å². The number of benzene rings is 1. The highest BCUT2D eigenvalue weighted by Gasteiger charge is 2.15. The molecule has 0 radical (unpaired) electrons. The summed E-state index contributed by atoms with van der Waals surface area (Å²) in [4.78, 5) is 5.27. The number of aryl methyl sites for hydroxylation is 2. The molecule has 2 heterocycles. The van der Waals surface area contributed by atoms with Gasteiger partial charge < -0.3 is 4.42 Å². The number of nitrogens with zero attached hydrogens (tertiary/aromatic N) is 4. The van der Waals surface area contributed by atoms with Crippen molar-refractivity contribution >= 4 is 23.1 Å². The zero-order chi connectivity index (χ0) is 15.5. The zero-order valence-corrected chi connectivity index (χ0v) is 13.7. The lowest BCUT2D eigenvalue weighted by Crippen LogP contribution is -1.86. The Morgan fingerprint density at radius 1 is 1.27 bits per heavy atom. The van der Waals surface area contributed by atoms with Crippen molar-refractivity contribution in [3.05, 3.63) is 46.1 Å². The molecule has 0 fully saturated rings. The molecular formula is C15H12N4OS2. The quantitative estimate of drug-likeness (QED) is 0.674. The Kier molecular flexibility index (Phi) is 4.22. The third kappa shape index (κ3) is 3.03. The highest BCUT2D eigenvalue weighted by molar-refractivity contribution is 7.98. The molecule has 22 heavy (non-hydrogen) atoms. The van der Waals surface area contributed by atoms with E-state index < -0.39 is 0 Å². The Bertz CT molecular complexity index is 847. The van der Waals surface area contributed by atoms with Gasteiger partial charge in [0.15, 0.2) is 0 Å². The number of hydrogen-bond acceptors (Lipinski definition) is 7. The molecular weight excluding hydrogens is 316 g/mol. The van der Waals surface area contributed by atoms with Crippen molar-refractivity contribution < 1.29 is 4.42 Å². The van der Waals surface area contributed by atoms with Gasteiger partial charge in [-0.1, -0.05) is 30.0 Å². The van der Waals surface area contributed by atoms with Gasteiger partial charge in [-0.3, -0.25) is 0 Å². The lowest BCUT2D eigenvalue weighted by molar-refractivity contribution is 0.466. The predicted octanol–water partition coefficient (Wildman–Crippen LogP) is 3.97. The summed E-state index contributed by atoms with van der Waals surface area (Å²) in [6.45, 7) is 3.88. The third-order valence-electron chi connectivity index (χ3n) is 2.99. The maximum atomic E-state index is 9.09. The van der Waals surface area contributed by atoms with Crippen LogP contribution in [0.4, 0.5) is 0 Å². The van der Waals surface area contributed by atoms with Crippen LogP contribution in [0.15, 0.2) is 33.9 Å². The van der Waals surface area contributed by atoms with Crippen LogP contribution in [0.5, 0.6) is 0 Å². The summed E-state index contributed by atoms with van der Waals surface area (Å²) in [6, 6.07) is 9.69. The Labute approximate surface area is 136 Å². The smallest absolute Gasteiger partial charge is 0.277 e. The SMILES string of the molecule is Cc1nc(C)c(-c2nnc(SCc3ccccc3C#N)o2)s1. The van der Waals surface area contributed by atoms with Crippen molar-refractivity contribution in [1.29, 1.82) is 5.26 Å². The normalized spacial score (nSPS) is 10.6. The summed E-state index contributed by atoms with van der Waals surface area (Å²) < 4.78 is 5.69. The van der Waals surface area contributed by atoms with Crippen LogP contribution in [0.25, 0.3) is 10.8 Å². The van der Waals surface area contributed by atoms with E-state index in [1.165, 1.54) is 11.8 Å². The summed E-state index contributed by atoms with van der Waals surface area (Å²) in [5.41, 5.74) is 2.53. The standard InChI is InChI=1S/C15H12N4OS2/c1-9-13(22-10(2)17-9)14-18-19-15(20-14)21-8-12-6-4-3-5-11(12)7-16/h3-6H,8H2,1-2H3. The maximum absolute atomic E-state index is 9.09. The minimum Gasteiger partial charge on any atom is -0.410 e. The lowest BCUT2D eigenvalue weighted by Gasteiger charge is -2.00. The molecule has 5 nitrogen and oxygen atoms in total. The number of rotatable bonds is 4. The summed E-state index contributed by atoms with van der Waals surface area (Å²) >= 11 is 2.97. The minimum absolute atomic E-state index is 0.494. The molecule has 1 aromatic carbocycles. The van der Waals surface area contributed by atoms with E-state index >= 15 is 0 Å². The molecule has 0 spiro atoms. The highest BCUT2D eigenvalue weighted by Crippen LogP contribution is 2.31. The van der Waals surface area contributed by atoms with Crippen molar-refractivity contribution in [3.8, 4) is 16.8 Å². The Morgan fingerprint density at radius 3 is 2.82 bits per heavy atom. The molecule has 0 aliphatic carbocycles. The van der Waals surface area contributed by atoms with Crippen molar-refractivity contribution in [2.45, 2.75) is 24.8 Å². The van der Waals surface area contributed by atoms with Gasteiger partial charge >= 0.3 is 0 Å². The molecule has 3 rings (SSSR count). The van der Waals surface area contributed by atoms with Crippen LogP contribution in [0, 0.1) is 25.2 Å². The van der Waals surface area contributed by atoms with Crippen LogP contribution in [0.3, 0.4) is 0 Å². The Morgan fingerprint density at radius 2 is 2.09 bits per heavy atom. The third-order valence-corrected chi connectivity index (χ3v) is 4.92. The molecule has 0 aliphatic rings. The molecule has 7 heteroatoms. The molecule has 0 amide bonds. The van der Waals surface area contributed by atoms with Gasteiger partial charge in [-0.25, -0.2) is 4.98 Å². The number of hydrogen-bond donors (Lipinski definition) is 0. The van der Waals surface area contributed by atoms with Crippen molar-refractivity contribution in [2.75, 3.05) is 0 Å². The lowest BCUT2D eigenvalue weighted by atomic mass is 10.1. The largest absolute Gasteiger partial charge is 0.410 e. The second-order valence-electron chi connectivity index (χ2n) is 4.58.